The van der Waals surface area contributed by atoms with Crippen molar-refractivity contribution < 1.29 is 13.2 Å². The van der Waals surface area contributed by atoms with Crippen molar-refractivity contribution >= 4 is 23.3 Å². The summed E-state index contributed by atoms with van der Waals surface area (Å²) >= 11 is 5.08. The molecule has 0 amide bonds. The number of aromatic nitrogens is 3. The van der Waals surface area contributed by atoms with E-state index in [2.05, 4.69) is 9.97 Å². The highest BCUT2D eigenvalue weighted by Crippen LogP contribution is 2.33. The number of halogens is 3. The van der Waals surface area contributed by atoms with E-state index in [0.29, 0.717) is 6.42 Å². The number of fused-ring (bicyclic) bond motifs is 1. The number of nitrogens with zero attached hydrogens (tertiary/aromatic N) is 2. The number of hydrogen-bond acceptors (Lipinski definition) is 3. The van der Waals surface area contributed by atoms with Gasteiger partial charge in [0.25, 0.3) is 5.56 Å². The summed E-state index contributed by atoms with van der Waals surface area (Å²) in [7, 11) is 0. The van der Waals surface area contributed by atoms with Crippen LogP contribution < -0.4 is 5.56 Å². The van der Waals surface area contributed by atoms with E-state index in [1.165, 1.54) is 11.5 Å². The molecule has 0 spiro atoms. The molecule has 0 saturated carbocycles. The first-order valence-corrected chi connectivity index (χ1v) is 6.81. The Morgan fingerprint density at radius 2 is 2.10 bits per heavy atom. The van der Waals surface area contributed by atoms with E-state index in [9.17, 15) is 18.0 Å². The number of rotatable bonds is 2. The van der Waals surface area contributed by atoms with E-state index >= 15 is 0 Å². The molecule has 0 bridgehead atoms. The van der Waals surface area contributed by atoms with Crippen LogP contribution in [0.25, 0.3) is 11.0 Å². The van der Waals surface area contributed by atoms with Crippen molar-refractivity contribution in [3.63, 3.8) is 0 Å². The van der Waals surface area contributed by atoms with Crippen molar-refractivity contribution in [2.24, 2.45) is 0 Å². The summed E-state index contributed by atoms with van der Waals surface area (Å²) in [5.41, 5.74) is -1.69. The van der Waals surface area contributed by atoms with Crippen LogP contribution in [-0.4, -0.2) is 14.5 Å². The van der Waals surface area contributed by atoms with Crippen molar-refractivity contribution in [3.8, 4) is 0 Å². The minimum atomic E-state index is -4.63. The summed E-state index contributed by atoms with van der Waals surface area (Å²) in [6.45, 7) is 5.15. The van der Waals surface area contributed by atoms with Gasteiger partial charge in [0, 0.05) is 11.7 Å². The minimum absolute atomic E-state index is 0.0228. The zero-order valence-electron chi connectivity index (χ0n) is 11.7. The molecule has 114 valence electrons. The molecule has 2 aromatic heterocycles. The van der Waals surface area contributed by atoms with Gasteiger partial charge in [0.1, 0.15) is 5.65 Å². The molecule has 1 N–H and O–H groups in total. The van der Waals surface area contributed by atoms with E-state index in [1.807, 2.05) is 13.8 Å². The molecule has 21 heavy (non-hydrogen) atoms. The zero-order chi connectivity index (χ0) is 15.9. The average Bonchev–Trinajstić information content (AvgIpc) is 2.35. The highest BCUT2D eigenvalue weighted by atomic mass is 32.1. The molecule has 0 aromatic carbocycles. The topological polar surface area (TPSA) is 50.7 Å². The van der Waals surface area contributed by atoms with Crippen LogP contribution >= 0.6 is 12.2 Å². The minimum Gasteiger partial charge on any atom is -0.300 e. The standard InChI is InChI=1S/C13H14F3N3OS/c1-4-7(3)19-10-9(11(20)18-12(19)21)8(13(14,15)16)5-6(2)17-10/h5,7H,4H2,1-3H3,(H,18,20,21)/t7-/m1/s1. The molecule has 0 unspecified atom stereocenters. The Labute approximate surface area is 123 Å². The van der Waals surface area contributed by atoms with Gasteiger partial charge in [-0.25, -0.2) is 4.98 Å². The number of aromatic amines is 1. The molecule has 2 aromatic rings. The van der Waals surface area contributed by atoms with Crippen molar-refractivity contribution in [3.05, 3.63) is 32.4 Å². The Balaban J connectivity index is 3.07. The first-order chi connectivity index (χ1) is 9.66. The van der Waals surface area contributed by atoms with Gasteiger partial charge in [0.2, 0.25) is 0 Å². The van der Waals surface area contributed by atoms with Crippen LogP contribution in [0.3, 0.4) is 0 Å². The van der Waals surface area contributed by atoms with Crippen LogP contribution in [0.1, 0.15) is 37.6 Å². The Morgan fingerprint density at radius 1 is 1.48 bits per heavy atom. The molecular formula is C13H14F3N3OS. The maximum Gasteiger partial charge on any atom is 0.417 e. The lowest BCUT2D eigenvalue weighted by atomic mass is 10.1. The second-order valence-corrected chi connectivity index (χ2v) is 5.28. The largest absolute Gasteiger partial charge is 0.417 e. The molecule has 0 fully saturated rings. The fourth-order valence-corrected chi connectivity index (χ4v) is 2.55. The first kappa shape index (κ1) is 15.7. The predicted octanol–water partition coefficient (Wildman–Crippen LogP) is 3.75. The Hall–Kier alpha value is -1.70. The first-order valence-electron chi connectivity index (χ1n) is 6.40. The maximum absolute atomic E-state index is 13.2. The molecule has 0 aliphatic carbocycles. The SMILES string of the molecule is CC[C@@H](C)n1c(=S)[nH]c(=O)c2c(C(F)(F)F)cc(C)nc21. The molecule has 0 saturated heterocycles. The van der Waals surface area contributed by atoms with Gasteiger partial charge in [-0.2, -0.15) is 13.2 Å². The lowest BCUT2D eigenvalue weighted by Gasteiger charge is -2.18. The summed E-state index contributed by atoms with van der Waals surface area (Å²) in [6, 6.07) is 0.703. The molecule has 2 heterocycles. The second kappa shape index (κ2) is 5.25. The molecule has 0 aliphatic rings. The van der Waals surface area contributed by atoms with Gasteiger partial charge in [0.15, 0.2) is 4.77 Å². The lowest BCUT2D eigenvalue weighted by molar-refractivity contribution is -0.136. The Kier molecular flexibility index (Phi) is 3.92. The van der Waals surface area contributed by atoms with Gasteiger partial charge in [0.05, 0.1) is 10.9 Å². The summed E-state index contributed by atoms with van der Waals surface area (Å²) in [5.74, 6) is 0. The number of hydrogen-bond donors (Lipinski definition) is 1. The summed E-state index contributed by atoms with van der Waals surface area (Å²) < 4.78 is 41.1. The van der Waals surface area contributed by atoms with Crippen LogP contribution in [-0.2, 0) is 6.18 Å². The fourth-order valence-electron chi connectivity index (χ4n) is 2.19. The van der Waals surface area contributed by atoms with Gasteiger partial charge in [-0.1, -0.05) is 6.92 Å². The molecule has 2 rings (SSSR count). The number of aryl methyl sites for hydroxylation is 1. The third-order valence-electron chi connectivity index (χ3n) is 3.36. The fraction of sp³-hybridized carbons (Fsp3) is 0.462. The normalized spacial score (nSPS) is 13.6. The van der Waals surface area contributed by atoms with E-state index < -0.39 is 22.7 Å². The Bertz CT molecular complexity index is 807. The van der Waals surface area contributed by atoms with Crippen molar-refractivity contribution in [2.75, 3.05) is 0 Å². The van der Waals surface area contributed by atoms with E-state index in [0.717, 1.165) is 6.07 Å². The summed E-state index contributed by atoms with van der Waals surface area (Å²) in [5, 5.41) is -0.470. The monoisotopic (exact) mass is 317 g/mol. The summed E-state index contributed by atoms with van der Waals surface area (Å²) in [4.78, 5) is 18.4. The van der Waals surface area contributed by atoms with E-state index in [1.54, 1.807) is 0 Å². The average molecular weight is 317 g/mol. The van der Waals surface area contributed by atoms with Gasteiger partial charge >= 0.3 is 6.18 Å². The quantitative estimate of drug-likeness (QED) is 0.858. The highest BCUT2D eigenvalue weighted by Gasteiger charge is 2.35. The van der Waals surface area contributed by atoms with Crippen molar-refractivity contribution in [2.45, 2.75) is 39.4 Å². The molecular weight excluding hydrogens is 303 g/mol. The Morgan fingerprint density at radius 3 is 2.62 bits per heavy atom. The number of nitrogens with one attached hydrogen (secondary N) is 1. The number of pyridine rings is 1. The van der Waals surface area contributed by atoms with Crippen LogP contribution in [0.4, 0.5) is 13.2 Å². The second-order valence-electron chi connectivity index (χ2n) is 4.89. The smallest absolute Gasteiger partial charge is 0.300 e. The third-order valence-corrected chi connectivity index (χ3v) is 3.66. The third kappa shape index (κ3) is 2.72. The predicted molar refractivity (Wildman–Crippen MR) is 75.9 cm³/mol. The lowest BCUT2D eigenvalue weighted by Crippen LogP contribution is -2.22. The molecule has 1 atom stereocenters. The van der Waals surface area contributed by atoms with Crippen LogP contribution in [0.2, 0.25) is 0 Å². The van der Waals surface area contributed by atoms with Crippen LogP contribution in [0, 0.1) is 11.7 Å². The highest BCUT2D eigenvalue weighted by molar-refractivity contribution is 7.71. The van der Waals surface area contributed by atoms with Crippen molar-refractivity contribution in [1.29, 1.82) is 0 Å². The van der Waals surface area contributed by atoms with E-state index in [-0.39, 0.29) is 22.2 Å². The molecule has 8 heteroatoms. The summed E-state index contributed by atoms with van der Waals surface area (Å²) in [6.07, 6.45) is -3.98. The van der Waals surface area contributed by atoms with Gasteiger partial charge in [-0.3, -0.25) is 14.3 Å². The van der Waals surface area contributed by atoms with Gasteiger partial charge < -0.3 is 0 Å². The number of H-pyrrole nitrogens is 1. The van der Waals surface area contributed by atoms with Crippen molar-refractivity contribution in [1.82, 2.24) is 14.5 Å². The van der Waals surface area contributed by atoms with Crippen LogP contribution in [0.15, 0.2) is 10.9 Å². The van der Waals surface area contributed by atoms with E-state index in [4.69, 9.17) is 12.2 Å². The molecule has 0 aliphatic heterocycles. The molecule has 0 radical (unpaired) electrons. The van der Waals surface area contributed by atoms with Gasteiger partial charge in [-0.05, 0) is 38.6 Å². The number of alkyl halides is 3. The molecule has 4 nitrogen and oxygen atoms in total. The van der Waals surface area contributed by atoms with Gasteiger partial charge in [-0.15, -0.1) is 0 Å². The van der Waals surface area contributed by atoms with Crippen LogP contribution in [0.5, 0.6) is 0 Å². The maximum atomic E-state index is 13.2. The zero-order valence-corrected chi connectivity index (χ0v) is 12.5.